The van der Waals surface area contributed by atoms with Crippen LogP contribution in [0.5, 0.6) is 0 Å². The fourth-order valence-corrected chi connectivity index (χ4v) is 2.03. The summed E-state index contributed by atoms with van der Waals surface area (Å²) >= 11 is 3.41. The van der Waals surface area contributed by atoms with Crippen LogP contribution in [0.1, 0.15) is 11.3 Å². The molecule has 0 bridgehead atoms. The molecule has 2 aromatic rings. The van der Waals surface area contributed by atoms with Gasteiger partial charge >= 0.3 is 5.97 Å². The van der Waals surface area contributed by atoms with Crippen LogP contribution in [0, 0.1) is 0 Å². The van der Waals surface area contributed by atoms with Crippen LogP contribution in [0.25, 0.3) is 0 Å². The van der Waals surface area contributed by atoms with Gasteiger partial charge in [-0.15, -0.1) is 0 Å². The molecule has 0 aliphatic carbocycles. The number of carbonyl (C=O) groups is 1. The summed E-state index contributed by atoms with van der Waals surface area (Å²) in [5.74, 6) is -0.863. The Kier molecular flexibility index (Phi) is 3.58. The fraction of sp³-hybridized carbons (Fsp3) is 0.167. The standard InChI is InChI=1S/C12H11BrN2O2/c13-10-3-1-2-9(4-10)6-15-7-11(14-8-15)5-12(16)17/h1-4,7-8H,5-6H2,(H,16,17). The van der Waals surface area contributed by atoms with E-state index in [1.165, 1.54) is 0 Å². The van der Waals surface area contributed by atoms with Crippen LogP contribution in [-0.2, 0) is 17.8 Å². The second-order valence-electron chi connectivity index (χ2n) is 3.74. The number of rotatable bonds is 4. The monoisotopic (exact) mass is 294 g/mol. The lowest BCUT2D eigenvalue weighted by Gasteiger charge is -2.02. The Morgan fingerprint density at radius 2 is 2.29 bits per heavy atom. The first kappa shape index (κ1) is 11.9. The van der Waals surface area contributed by atoms with Gasteiger partial charge in [-0.2, -0.15) is 0 Å². The van der Waals surface area contributed by atoms with Crippen LogP contribution in [-0.4, -0.2) is 20.6 Å². The minimum Gasteiger partial charge on any atom is -0.481 e. The maximum Gasteiger partial charge on any atom is 0.309 e. The maximum absolute atomic E-state index is 10.5. The smallest absolute Gasteiger partial charge is 0.309 e. The highest BCUT2D eigenvalue weighted by Crippen LogP contribution is 2.13. The van der Waals surface area contributed by atoms with Gasteiger partial charge in [0, 0.05) is 17.2 Å². The molecule has 0 saturated heterocycles. The fourth-order valence-electron chi connectivity index (χ4n) is 1.59. The first-order chi connectivity index (χ1) is 8.13. The van der Waals surface area contributed by atoms with Gasteiger partial charge in [0.1, 0.15) is 0 Å². The van der Waals surface area contributed by atoms with Gasteiger partial charge < -0.3 is 9.67 Å². The second kappa shape index (κ2) is 5.14. The summed E-state index contributed by atoms with van der Waals surface area (Å²) < 4.78 is 2.90. The van der Waals surface area contributed by atoms with Crippen molar-refractivity contribution in [1.82, 2.24) is 9.55 Å². The molecule has 4 nitrogen and oxygen atoms in total. The number of aliphatic carboxylic acids is 1. The van der Waals surface area contributed by atoms with Crippen LogP contribution in [0.3, 0.4) is 0 Å². The van der Waals surface area contributed by atoms with E-state index in [4.69, 9.17) is 5.11 Å². The largest absolute Gasteiger partial charge is 0.481 e. The van der Waals surface area contributed by atoms with Crippen molar-refractivity contribution < 1.29 is 9.90 Å². The molecule has 0 unspecified atom stereocenters. The van der Waals surface area contributed by atoms with Crippen molar-refractivity contribution in [2.24, 2.45) is 0 Å². The molecule has 1 heterocycles. The van der Waals surface area contributed by atoms with E-state index in [1.54, 1.807) is 12.5 Å². The number of imidazole rings is 1. The Morgan fingerprint density at radius 3 is 3.00 bits per heavy atom. The van der Waals surface area contributed by atoms with E-state index < -0.39 is 5.97 Å². The SMILES string of the molecule is O=C(O)Cc1cn(Cc2cccc(Br)c2)cn1. The average molecular weight is 295 g/mol. The quantitative estimate of drug-likeness (QED) is 0.941. The predicted molar refractivity (Wildman–Crippen MR) is 66.8 cm³/mol. The molecule has 2 rings (SSSR count). The van der Waals surface area contributed by atoms with E-state index in [9.17, 15) is 4.79 Å². The number of hydrogen-bond donors (Lipinski definition) is 1. The molecule has 0 saturated carbocycles. The molecule has 17 heavy (non-hydrogen) atoms. The van der Waals surface area contributed by atoms with E-state index in [0.29, 0.717) is 12.2 Å². The first-order valence-electron chi connectivity index (χ1n) is 5.10. The third-order valence-electron chi connectivity index (χ3n) is 2.27. The zero-order valence-corrected chi connectivity index (χ0v) is 10.6. The zero-order chi connectivity index (χ0) is 12.3. The van der Waals surface area contributed by atoms with Gasteiger partial charge in [-0.05, 0) is 17.7 Å². The number of halogens is 1. The van der Waals surface area contributed by atoms with Crippen molar-refractivity contribution >= 4 is 21.9 Å². The van der Waals surface area contributed by atoms with Crippen molar-refractivity contribution in [3.63, 3.8) is 0 Å². The summed E-state index contributed by atoms with van der Waals surface area (Å²) in [6.45, 7) is 0.687. The van der Waals surface area contributed by atoms with Gasteiger partial charge in [-0.3, -0.25) is 4.79 Å². The molecule has 1 N–H and O–H groups in total. The van der Waals surface area contributed by atoms with Gasteiger partial charge in [0.2, 0.25) is 0 Å². The molecule has 0 aliphatic heterocycles. The molecule has 1 aromatic heterocycles. The van der Waals surface area contributed by atoms with E-state index in [0.717, 1.165) is 10.0 Å². The van der Waals surface area contributed by atoms with Crippen LogP contribution in [0.4, 0.5) is 0 Å². The topological polar surface area (TPSA) is 55.1 Å². The third kappa shape index (κ3) is 3.42. The highest BCUT2D eigenvalue weighted by atomic mass is 79.9. The lowest BCUT2D eigenvalue weighted by Crippen LogP contribution is -2.00. The first-order valence-corrected chi connectivity index (χ1v) is 5.89. The molecule has 0 radical (unpaired) electrons. The summed E-state index contributed by atoms with van der Waals surface area (Å²) in [5.41, 5.74) is 1.71. The van der Waals surface area contributed by atoms with E-state index in [2.05, 4.69) is 20.9 Å². The molecular weight excluding hydrogens is 284 g/mol. The van der Waals surface area contributed by atoms with Gasteiger partial charge in [-0.25, -0.2) is 4.98 Å². The molecule has 0 amide bonds. The van der Waals surface area contributed by atoms with Gasteiger partial charge in [-0.1, -0.05) is 28.1 Å². The second-order valence-corrected chi connectivity index (χ2v) is 4.65. The number of nitrogens with zero attached hydrogens (tertiary/aromatic N) is 2. The Morgan fingerprint density at radius 1 is 1.47 bits per heavy atom. The Hall–Kier alpha value is -1.62. The summed E-state index contributed by atoms with van der Waals surface area (Å²) in [4.78, 5) is 14.6. The van der Waals surface area contributed by atoms with Crippen molar-refractivity contribution in [3.8, 4) is 0 Å². The normalized spacial score (nSPS) is 10.4. The number of aromatic nitrogens is 2. The number of hydrogen-bond acceptors (Lipinski definition) is 2. The maximum atomic E-state index is 10.5. The predicted octanol–water partition coefficient (Wildman–Crippen LogP) is 2.32. The molecule has 0 spiro atoms. The molecule has 1 aromatic carbocycles. The Labute approximate surface area is 107 Å². The van der Waals surface area contributed by atoms with Crippen molar-refractivity contribution in [1.29, 1.82) is 0 Å². The van der Waals surface area contributed by atoms with Gasteiger partial charge in [0.05, 0.1) is 18.4 Å². The van der Waals surface area contributed by atoms with Crippen LogP contribution >= 0.6 is 15.9 Å². The van der Waals surface area contributed by atoms with Gasteiger partial charge in [0.15, 0.2) is 0 Å². The number of carboxylic acids is 1. The molecule has 5 heteroatoms. The van der Waals surface area contributed by atoms with Crippen LogP contribution in [0.15, 0.2) is 41.3 Å². The molecule has 88 valence electrons. The Bertz CT molecular complexity index is 537. The zero-order valence-electron chi connectivity index (χ0n) is 9.01. The average Bonchev–Trinajstić information content (AvgIpc) is 2.64. The Balaban J connectivity index is 2.08. The summed E-state index contributed by atoms with van der Waals surface area (Å²) in [5, 5.41) is 8.65. The van der Waals surface area contributed by atoms with Gasteiger partial charge in [0.25, 0.3) is 0 Å². The lowest BCUT2D eigenvalue weighted by atomic mass is 10.2. The number of carboxylic acid groups (broad SMARTS) is 1. The summed E-state index contributed by atoms with van der Waals surface area (Å²) in [6.07, 6.45) is 3.37. The highest BCUT2D eigenvalue weighted by Gasteiger charge is 2.04. The molecule has 0 aliphatic rings. The third-order valence-corrected chi connectivity index (χ3v) is 2.77. The molecule has 0 fully saturated rings. The van der Waals surface area contributed by atoms with Crippen LogP contribution in [0.2, 0.25) is 0 Å². The van der Waals surface area contributed by atoms with E-state index >= 15 is 0 Å². The highest BCUT2D eigenvalue weighted by molar-refractivity contribution is 9.10. The lowest BCUT2D eigenvalue weighted by molar-refractivity contribution is -0.136. The van der Waals surface area contributed by atoms with Crippen LogP contribution < -0.4 is 0 Å². The molecular formula is C12H11BrN2O2. The minimum absolute atomic E-state index is 0.0362. The van der Waals surface area contributed by atoms with E-state index in [-0.39, 0.29) is 6.42 Å². The minimum atomic E-state index is -0.863. The van der Waals surface area contributed by atoms with Crippen molar-refractivity contribution in [2.45, 2.75) is 13.0 Å². The van der Waals surface area contributed by atoms with Crippen molar-refractivity contribution in [3.05, 3.63) is 52.5 Å². The summed E-state index contributed by atoms with van der Waals surface area (Å²) in [7, 11) is 0. The van der Waals surface area contributed by atoms with Crippen molar-refractivity contribution in [2.75, 3.05) is 0 Å². The summed E-state index contributed by atoms with van der Waals surface area (Å²) in [6, 6.07) is 7.97. The number of benzene rings is 1. The molecule has 0 atom stereocenters. The van der Waals surface area contributed by atoms with E-state index in [1.807, 2.05) is 28.8 Å².